The fraction of sp³-hybridized carbons (Fsp3) is 0.500. The minimum atomic E-state index is -0.422. The Balaban J connectivity index is 2.18. The summed E-state index contributed by atoms with van der Waals surface area (Å²) in [6.07, 6.45) is 1.88. The van der Waals surface area contributed by atoms with Gasteiger partial charge in [0.25, 0.3) is 0 Å². The molecule has 0 radical (unpaired) electrons. The molecule has 76 valence electrons. The van der Waals surface area contributed by atoms with Gasteiger partial charge in [-0.1, -0.05) is 0 Å². The second kappa shape index (κ2) is 4.36. The van der Waals surface area contributed by atoms with Gasteiger partial charge in [0.05, 0.1) is 4.47 Å². The molecule has 1 fully saturated rings. The number of aromatic nitrogens is 1. The predicted octanol–water partition coefficient (Wildman–Crippen LogP) is 2.88. The average molecular weight is 260 g/mol. The van der Waals surface area contributed by atoms with E-state index in [0.717, 1.165) is 31.7 Å². The third-order valence-electron chi connectivity index (χ3n) is 2.46. The lowest BCUT2D eigenvalue weighted by atomic mass is 9.96. The van der Waals surface area contributed by atoms with Crippen LogP contribution in [0.3, 0.4) is 0 Å². The summed E-state index contributed by atoms with van der Waals surface area (Å²) in [7, 11) is 0. The number of rotatable bonds is 1. The quantitative estimate of drug-likeness (QED) is 0.724. The Kier molecular flexibility index (Phi) is 3.13. The summed E-state index contributed by atoms with van der Waals surface area (Å²) in [6, 6.07) is 3.59. The zero-order chi connectivity index (χ0) is 9.97. The Hall–Kier alpha value is -0.480. The zero-order valence-corrected chi connectivity index (χ0v) is 9.26. The van der Waals surface area contributed by atoms with E-state index >= 15 is 0 Å². The van der Waals surface area contributed by atoms with Gasteiger partial charge in [0.15, 0.2) is 0 Å². The minimum Gasteiger partial charge on any atom is -0.381 e. The zero-order valence-electron chi connectivity index (χ0n) is 7.67. The SMILES string of the molecule is Fc1nc(C2CCOCC2)ccc1Br. The van der Waals surface area contributed by atoms with Gasteiger partial charge in [0, 0.05) is 24.8 Å². The molecule has 0 spiro atoms. The van der Waals surface area contributed by atoms with E-state index in [1.165, 1.54) is 0 Å². The van der Waals surface area contributed by atoms with Crippen molar-refractivity contribution in [2.45, 2.75) is 18.8 Å². The van der Waals surface area contributed by atoms with Gasteiger partial charge in [-0.05, 0) is 40.9 Å². The molecule has 1 aliphatic heterocycles. The number of hydrogen-bond donors (Lipinski definition) is 0. The van der Waals surface area contributed by atoms with Gasteiger partial charge in [0.2, 0.25) is 5.95 Å². The first-order valence-corrected chi connectivity index (χ1v) is 5.46. The fourth-order valence-corrected chi connectivity index (χ4v) is 1.87. The Labute approximate surface area is 90.6 Å². The van der Waals surface area contributed by atoms with E-state index in [9.17, 15) is 4.39 Å². The van der Waals surface area contributed by atoms with Crippen molar-refractivity contribution in [3.8, 4) is 0 Å². The molecule has 0 atom stereocenters. The van der Waals surface area contributed by atoms with E-state index in [4.69, 9.17) is 4.74 Å². The first-order chi connectivity index (χ1) is 6.77. The van der Waals surface area contributed by atoms with E-state index < -0.39 is 5.95 Å². The minimum absolute atomic E-state index is 0.353. The van der Waals surface area contributed by atoms with Crippen LogP contribution < -0.4 is 0 Å². The van der Waals surface area contributed by atoms with Crippen LogP contribution in [0.1, 0.15) is 24.5 Å². The van der Waals surface area contributed by atoms with Crippen molar-refractivity contribution in [2.75, 3.05) is 13.2 Å². The van der Waals surface area contributed by atoms with E-state index in [-0.39, 0.29) is 0 Å². The predicted molar refractivity (Wildman–Crippen MR) is 54.7 cm³/mol. The van der Waals surface area contributed by atoms with Gasteiger partial charge >= 0.3 is 0 Å². The van der Waals surface area contributed by atoms with E-state index in [1.54, 1.807) is 6.07 Å². The third kappa shape index (κ3) is 2.12. The second-order valence-corrected chi connectivity index (χ2v) is 4.25. The van der Waals surface area contributed by atoms with Gasteiger partial charge < -0.3 is 4.74 Å². The molecule has 0 N–H and O–H groups in total. The molecule has 0 aromatic carbocycles. The van der Waals surface area contributed by atoms with Crippen molar-refractivity contribution in [3.63, 3.8) is 0 Å². The highest BCUT2D eigenvalue weighted by Gasteiger charge is 2.17. The van der Waals surface area contributed by atoms with Gasteiger partial charge in [-0.3, -0.25) is 0 Å². The van der Waals surface area contributed by atoms with Crippen LogP contribution in [0, 0.1) is 5.95 Å². The van der Waals surface area contributed by atoms with Gasteiger partial charge in [0.1, 0.15) is 0 Å². The van der Waals surface area contributed by atoms with Crippen LogP contribution in [0.4, 0.5) is 4.39 Å². The van der Waals surface area contributed by atoms with Crippen molar-refractivity contribution in [3.05, 3.63) is 28.2 Å². The summed E-state index contributed by atoms with van der Waals surface area (Å²) in [5.74, 6) is -0.0691. The van der Waals surface area contributed by atoms with Crippen molar-refractivity contribution >= 4 is 15.9 Å². The molecule has 14 heavy (non-hydrogen) atoms. The second-order valence-electron chi connectivity index (χ2n) is 3.40. The van der Waals surface area contributed by atoms with Crippen LogP contribution >= 0.6 is 15.9 Å². The maximum Gasteiger partial charge on any atom is 0.227 e. The molecule has 0 bridgehead atoms. The molecule has 0 saturated carbocycles. The summed E-state index contributed by atoms with van der Waals surface area (Å²) in [4.78, 5) is 3.93. The lowest BCUT2D eigenvalue weighted by molar-refractivity contribution is 0.0843. The van der Waals surface area contributed by atoms with E-state index in [1.807, 2.05) is 6.07 Å². The third-order valence-corrected chi connectivity index (χ3v) is 3.06. The summed E-state index contributed by atoms with van der Waals surface area (Å²) in [6.45, 7) is 1.51. The van der Waals surface area contributed by atoms with Gasteiger partial charge in [-0.15, -0.1) is 0 Å². The normalized spacial score (nSPS) is 18.4. The number of halogens is 2. The highest BCUT2D eigenvalue weighted by Crippen LogP contribution is 2.26. The number of hydrogen-bond acceptors (Lipinski definition) is 2. The highest BCUT2D eigenvalue weighted by molar-refractivity contribution is 9.10. The largest absolute Gasteiger partial charge is 0.381 e. The molecule has 1 aromatic heterocycles. The summed E-state index contributed by atoms with van der Waals surface area (Å²) in [5, 5.41) is 0. The van der Waals surface area contributed by atoms with Crippen LogP contribution in [-0.2, 0) is 4.74 Å². The van der Waals surface area contributed by atoms with Crippen LogP contribution in [-0.4, -0.2) is 18.2 Å². The molecule has 1 saturated heterocycles. The van der Waals surface area contributed by atoms with Gasteiger partial charge in [-0.25, -0.2) is 4.98 Å². The highest BCUT2D eigenvalue weighted by atomic mass is 79.9. The maximum absolute atomic E-state index is 13.1. The molecule has 2 heterocycles. The smallest absolute Gasteiger partial charge is 0.227 e. The molecule has 1 aliphatic rings. The molecule has 2 rings (SSSR count). The van der Waals surface area contributed by atoms with E-state index in [2.05, 4.69) is 20.9 Å². The fourth-order valence-electron chi connectivity index (χ4n) is 1.65. The molecule has 2 nitrogen and oxygen atoms in total. The number of ether oxygens (including phenoxy) is 1. The average Bonchev–Trinajstić information content (AvgIpc) is 2.23. The monoisotopic (exact) mass is 259 g/mol. The molecule has 0 unspecified atom stereocenters. The Morgan fingerprint density at radius 2 is 2.07 bits per heavy atom. The van der Waals surface area contributed by atoms with Crippen LogP contribution in [0.25, 0.3) is 0 Å². The topological polar surface area (TPSA) is 22.1 Å². The molecule has 0 aliphatic carbocycles. The molecule has 0 amide bonds. The maximum atomic E-state index is 13.1. The standard InChI is InChI=1S/C10H11BrFNO/c11-8-1-2-9(13-10(8)12)7-3-5-14-6-4-7/h1-2,7H,3-6H2. The molecule has 4 heteroatoms. The van der Waals surface area contributed by atoms with Crippen LogP contribution in [0.5, 0.6) is 0 Å². The van der Waals surface area contributed by atoms with Crippen molar-refractivity contribution in [1.82, 2.24) is 4.98 Å². The van der Waals surface area contributed by atoms with Crippen molar-refractivity contribution in [2.24, 2.45) is 0 Å². The lowest BCUT2D eigenvalue weighted by Gasteiger charge is -2.21. The Morgan fingerprint density at radius 3 is 2.71 bits per heavy atom. The van der Waals surface area contributed by atoms with Crippen molar-refractivity contribution < 1.29 is 9.13 Å². The first-order valence-electron chi connectivity index (χ1n) is 4.67. The van der Waals surface area contributed by atoms with Crippen molar-refractivity contribution in [1.29, 1.82) is 0 Å². The van der Waals surface area contributed by atoms with Gasteiger partial charge in [-0.2, -0.15) is 4.39 Å². The Bertz CT molecular complexity index is 326. The molecular formula is C10H11BrFNO. The molecular weight excluding hydrogens is 249 g/mol. The lowest BCUT2D eigenvalue weighted by Crippen LogP contribution is -2.15. The Morgan fingerprint density at radius 1 is 1.36 bits per heavy atom. The first kappa shape index (κ1) is 10.1. The van der Waals surface area contributed by atoms with Crippen LogP contribution in [0.2, 0.25) is 0 Å². The summed E-state index contributed by atoms with van der Waals surface area (Å²) >= 11 is 3.09. The van der Waals surface area contributed by atoms with E-state index in [0.29, 0.717) is 10.4 Å². The molecule has 1 aromatic rings. The summed E-state index contributed by atoms with van der Waals surface area (Å²) in [5.41, 5.74) is 0.842. The number of nitrogens with zero attached hydrogens (tertiary/aromatic N) is 1. The van der Waals surface area contributed by atoms with Crippen LogP contribution in [0.15, 0.2) is 16.6 Å². The number of pyridine rings is 1. The summed E-state index contributed by atoms with van der Waals surface area (Å²) < 4.78 is 18.8.